The topological polar surface area (TPSA) is 38.1 Å². The van der Waals surface area contributed by atoms with E-state index in [0.29, 0.717) is 18.8 Å². The van der Waals surface area contributed by atoms with Crippen molar-refractivity contribution in [3.63, 3.8) is 0 Å². The second-order valence-electron chi connectivity index (χ2n) is 5.79. The van der Waals surface area contributed by atoms with Crippen molar-refractivity contribution in [1.29, 1.82) is 0 Å². The van der Waals surface area contributed by atoms with Gasteiger partial charge in [-0.25, -0.2) is 4.68 Å². The zero-order valence-corrected chi connectivity index (χ0v) is 14.9. The van der Waals surface area contributed by atoms with Gasteiger partial charge in [0.1, 0.15) is 5.02 Å². The summed E-state index contributed by atoms with van der Waals surface area (Å²) in [6, 6.07) is 19.8. The summed E-state index contributed by atoms with van der Waals surface area (Å²) >= 11 is 6.39. The molecule has 0 bridgehead atoms. The molecule has 5 heteroatoms. The van der Waals surface area contributed by atoms with Crippen LogP contribution >= 0.6 is 11.6 Å². The van der Waals surface area contributed by atoms with Crippen LogP contribution in [0.25, 0.3) is 0 Å². The predicted octanol–water partition coefficient (Wildman–Crippen LogP) is 3.97. The highest BCUT2D eigenvalue weighted by molar-refractivity contribution is 6.33. The predicted molar refractivity (Wildman–Crippen MR) is 102 cm³/mol. The minimum absolute atomic E-state index is 0.212. The molecule has 3 rings (SSSR count). The molecule has 0 aliphatic rings. The van der Waals surface area contributed by atoms with Gasteiger partial charge in [-0.1, -0.05) is 72.3 Å². The van der Waals surface area contributed by atoms with Gasteiger partial charge in [-0.2, -0.15) is 5.10 Å². The van der Waals surface area contributed by atoms with Crippen LogP contribution in [0.4, 0.5) is 5.69 Å². The number of halogens is 1. The number of rotatable bonds is 6. The maximum Gasteiger partial charge on any atom is 0.287 e. The average molecular weight is 354 g/mol. The van der Waals surface area contributed by atoms with E-state index in [9.17, 15) is 4.79 Å². The lowest BCUT2D eigenvalue weighted by atomic mass is 10.2. The molecule has 2 aromatic carbocycles. The van der Waals surface area contributed by atoms with E-state index < -0.39 is 0 Å². The Morgan fingerprint density at radius 1 is 1.00 bits per heavy atom. The van der Waals surface area contributed by atoms with Crippen molar-refractivity contribution < 1.29 is 0 Å². The molecule has 1 heterocycles. The summed E-state index contributed by atoms with van der Waals surface area (Å²) in [5.74, 6) is 0. The Balaban J connectivity index is 1.87. The quantitative estimate of drug-likeness (QED) is 0.673. The zero-order chi connectivity index (χ0) is 17.6. The number of nitrogens with zero attached hydrogens (tertiary/aromatic N) is 3. The molecule has 0 saturated heterocycles. The highest BCUT2D eigenvalue weighted by Crippen LogP contribution is 2.22. The van der Waals surface area contributed by atoms with E-state index in [1.807, 2.05) is 55.5 Å². The fraction of sp³-hybridized carbons (Fsp3) is 0.200. The molecule has 0 aliphatic heterocycles. The molecule has 3 aromatic rings. The normalized spacial score (nSPS) is 10.6. The molecular weight excluding hydrogens is 334 g/mol. The van der Waals surface area contributed by atoms with Crippen molar-refractivity contribution in [2.75, 3.05) is 11.4 Å². The van der Waals surface area contributed by atoms with E-state index in [0.717, 1.165) is 17.7 Å². The maximum absolute atomic E-state index is 12.6. The lowest BCUT2D eigenvalue weighted by Crippen LogP contribution is -2.29. The molecule has 0 aliphatic carbocycles. The summed E-state index contributed by atoms with van der Waals surface area (Å²) in [5, 5.41) is 4.53. The van der Waals surface area contributed by atoms with E-state index in [1.54, 1.807) is 6.20 Å². The molecule has 0 fully saturated rings. The largest absolute Gasteiger partial charge is 0.365 e. The summed E-state index contributed by atoms with van der Waals surface area (Å²) < 4.78 is 1.40. The Morgan fingerprint density at radius 3 is 2.20 bits per heavy atom. The molecule has 0 unspecified atom stereocenters. The van der Waals surface area contributed by atoms with E-state index in [1.165, 1.54) is 4.68 Å². The summed E-state index contributed by atoms with van der Waals surface area (Å²) in [6.07, 6.45) is 1.68. The van der Waals surface area contributed by atoms with Crippen LogP contribution in [0.2, 0.25) is 5.02 Å². The first-order valence-corrected chi connectivity index (χ1v) is 8.65. The van der Waals surface area contributed by atoms with Crippen LogP contribution in [0.5, 0.6) is 0 Å². The van der Waals surface area contributed by atoms with Crippen molar-refractivity contribution in [2.24, 2.45) is 0 Å². The number of hydrogen-bond acceptors (Lipinski definition) is 3. The Bertz CT molecular complexity index is 878. The average Bonchev–Trinajstić information content (AvgIpc) is 2.66. The van der Waals surface area contributed by atoms with Gasteiger partial charge in [-0.15, -0.1) is 0 Å². The first-order valence-electron chi connectivity index (χ1n) is 8.27. The second-order valence-corrected chi connectivity index (χ2v) is 6.17. The highest BCUT2D eigenvalue weighted by Gasteiger charge is 2.15. The first kappa shape index (κ1) is 17.2. The molecule has 1 aromatic heterocycles. The minimum Gasteiger partial charge on any atom is -0.365 e. The van der Waals surface area contributed by atoms with Crippen LogP contribution in [0.3, 0.4) is 0 Å². The van der Waals surface area contributed by atoms with Crippen LogP contribution in [-0.4, -0.2) is 16.3 Å². The fourth-order valence-electron chi connectivity index (χ4n) is 2.72. The van der Waals surface area contributed by atoms with Gasteiger partial charge in [-0.3, -0.25) is 4.79 Å². The van der Waals surface area contributed by atoms with Gasteiger partial charge in [0.2, 0.25) is 0 Å². The van der Waals surface area contributed by atoms with Gasteiger partial charge in [0.05, 0.1) is 18.4 Å². The minimum atomic E-state index is -0.269. The molecule has 0 amide bonds. The maximum atomic E-state index is 12.6. The molecule has 0 spiro atoms. The van der Waals surface area contributed by atoms with E-state index in [2.05, 4.69) is 22.1 Å². The van der Waals surface area contributed by atoms with Crippen molar-refractivity contribution in [3.8, 4) is 0 Å². The van der Waals surface area contributed by atoms with Gasteiger partial charge in [0.15, 0.2) is 0 Å². The molecule has 0 atom stereocenters. The van der Waals surface area contributed by atoms with Crippen molar-refractivity contribution in [2.45, 2.75) is 20.0 Å². The third kappa shape index (κ3) is 4.09. The second kappa shape index (κ2) is 7.99. The van der Waals surface area contributed by atoms with Gasteiger partial charge in [0.25, 0.3) is 5.56 Å². The standard InChI is InChI=1S/C20H20ClN3O/c1-2-23(14-16-9-5-3-6-10-16)18-13-22-24(20(25)19(18)21)15-17-11-7-4-8-12-17/h3-13H,2,14-15H2,1H3. The number of benzene rings is 2. The highest BCUT2D eigenvalue weighted by atomic mass is 35.5. The lowest BCUT2D eigenvalue weighted by Gasteiger charge is -2.24. The SMILES string of the molecule is CCN(Cc1ccccc1)c1cnn(Cc2ccccc2)c(=O)c1Cl. The first-order chi connectivity index (χ1) is 12.2. The molecule has 128 valence electrons. The zero-order valence-electron chi connectivity index (χ0n) is 14.1. The Kier molecular flexibility index (Phi) is 5.51. The van der Waals surface area contributed by atoms with Gasteiger partial charge >= 0.3 is 0 Å². The Morgan fingerprint density at radius 2 is 1.60 bits per heavy atom. The van der Waals surface area contributed by atoms with Gasteiger partial charge in [0, 0.05) is 13.1 Å². The molecule has 0 N–H and O–H groups in total. The fourth-order valence-corrected chi connectivity index (χ4v) is 2.98. The third-order valence-electron chi connectivity index (χ3n) is 4.08. The smallest absolute Gasteiger partial charge is 0.287 e. The van der Waals surface area contributed by atoms with Crippen molar-refractivity contribution >= 4 is 17.3 Å². The summed E-state index contributed by atoms with van der Waals surface area (Å²) in [7, 11) is 0. The monoisotopic (exact) mass is 353 g/mol. The number of aromatic nitrogens is 2. The van der Waals surface area contributed by atoms with Crippen LogP contribution in [0.15, 0.2) is 71.7 Å². The third-order valence-corrected chi connectivity index (χ3v) is 4.44. The number of anilines is 1. The molecule has 25 heavy (non-hydrogen) atoms. The van der Waals surface area contributed by atoms with Crippen molar-refractivity contribution in [1.82, 2.24) is 9.78 Å². The summed E-state index contributed by atoms with van der Waals surface area (Å²) in [4.78, 5) is 14.7. The van der Waals surface area contributed by atoms with Crippen LogP contribution < -0.4 is 10.5 Å². The van der Waals surface area contributed by atoms with E-state index in [-0.39, 0.29) is 10.6 Å². The summed E-state index contributed by atoms with van der Waals surface area (Å²) in [5.41, 5.74) is 2.57. The molecule has 0 radical (unpaired) electrons. The molecular formula is C20H20ClN3O. The Hall–Kier alpha value is -2.59. The number of hydrogen-bond donors (Lipinski definition) is 0. The van der Waals surface area contributed by atoms with Crippen LogP contribution in [-0.2, 0) is 13.1 Å². The Labute approximate surface area is 152 Å². The lowest BCUT2D eigenvalue weighted by molar-refractivity contribution is 0.636. The van der Waals surface area contributed by atoms with Gasteiger partial charge in [-0.05, 0) is 18.1 Å². The van der Waals surface area contributed by atoms with Gasteiger partial charge < -0.3 is 4.90 Å². The van der Waals surface area contributed by atoms with Crippen molar-refractivity contribution in [3.05, 3.63) is 93.4 Å². The van der Waals surface area contributed by atoms with E-state index in [4.69, 9.17) is 11.6 Å². The summed E-state index contributed by atoms with van der Waals surface area (Å²) in [6.45, 7) is 3.86. The molecule has 0 saturated carbocycles. The molecule has 4 nitrogen and oxygen atoms in total. The van der Waals surface area contributed by atoms with Crippen LogP contribution in [0.1, 0.15) is 18.1 Å². The van der Waals surface area contributed by atoms with Crippen LogP contribution in [0, 0.1) is 0 Å². The van der Waals surface area contributed by atoms with E-state index >= 15 is 0 Å².